The van der Waals surface area contributed by atoms with Crippen LogP contribution in [-0.2, 0) is 4.79 Å². The molecule has 100 valence electrons. The summed E-state index contributed by atoms with van der Waals surface area (Å²) in [4.78, 5) is 11.1. The van der Waals surface area contributed by atoms with Crippen LogP contribution >= 0.6 is 11.6 Å². The lowest BCUT2D eigenvalue weighted by Crippen LogP contribution is -2.36. The van der Waals surface area contributed by atoms with Gasteiger partial charge in [0.25, 0.3) is 5.91 Å². The molecule has 0 saturated carbocycles. The number of aryl methyl sites for hydroxylation is 1. The Morgan fingerprint density at radius 1 is 1.44 bits per heavy atom. The Labute approximate surface area is 107 Å². The van der Waals surface area contributed by atoms with Crippen LogP contribution < -0.4 is 10.1 Å². The van der Waals surface area contributed by atoms with Crippen LogP contribution in [0.5, 0.6) is 5.75 Å². The van der Waals surface area contributed by atoms with Crippen molar-refractivity contribution in [3.05, 3.63) is 28.8 Å². The summed E-state index contributed by atoms with van der Waals surface area (Å²) in [7, 11) is 0. The lowest BCUT2D eigenvalue weighted by atomic mass is 10.2. The summed E-state index contributed by atoms with van der Waals surface area (Å²) in [6, 6.07) is 4.83. The number of halogens is 4. The lowest BCUT2D eigenvalue weighted by molar-refractivity contribution is -0.139. The zero-order valence-electron chi connectivity index (χ0n) is 9.47. The van der Waals surface area contributed by atoms with Crippen LogP contribution in [0, 0.1) is 6.92 Å². The molecule has 0 atom stereocenters. The topological polar surface area (TPSA) is 38.3 Å². The Morgan fingerprint density at radius 2 is 2.11 bits per heavy atom. The maximum Gasteiger partial charge on any atom is 0.405 e. The van der Waals surface area contributed by atoms with E-state index in [0.717, 1.165) is 5.56 Å². The van der Waals surface area contributed by atoms with Crippen LogP contribution in [0.15, 0.2) is 18.2 Å². The second kappa shape index (κ2) is 5.95. The van der Waals surface area contributed by atoms with Gasteiger partial charge < -0.3 is 10.1 Å². The number of amides is 1. The van der Waals surface area contributed by atoms with E-state index < -0.39 is 25.2 Å². The van der Waals surface area contributed by atoms with E-state index in [2.05, 4.69) is 0 Å². The molecule has 0 aromatic heterocycles. The molecule has 0 spiro atoms. The molecular weight excluding hydrogens is 271 g/mol. The molecule has 1 rings (SSSR count). The largest absolute Gasteiger partial charge is 0.483 e. The number of ether oxygens (including phenoxy) is 1. The highest BCUT2D eigenvalue weighted by Crippen LogP contribution is 2.22. The molecule has 1 aromatic rings. The number of hydrogen-bond acceptors (Lipinski definition) is 2. The second-order valence-corrected chi connectivity index (χ2v) is 4.03. The molecule has 3 nitrogen and oxygen atoms in total. The summed E-state index contributed by atoms with van der Waals surface area (Å²) in [6.45, 7) is -0.125. The van der Waals surface area contributed by atoms with E-state index in [1.165, 1.54) is 6.07 Å². The van der Waals surface area contributed by atoms with Crippen molar-refractivity contribution < 1.29 is 22.7 Å². The highest BCUT2D eigenvalue weighted by Gasteiger charge is 2.27. The summed E-state index contributed by atoms with van der Waals surface area (Å²) in [6.07, 6.45) is -4.43. The van der Waals surface area contributed by atoms with Crippen LogP contribution in [0.1, 0.15) is 5.56 Å². The minimum atomic E-state index is -4.43. The summed E-state index contributed by atoms with van der Waals surface area (Å²) in [5.74, 6) is -0.476. The third-order valence-corrected chi connectivity index (χ3v) is 2.23. The molecule has 1 N–H and O–H groups in total. The molecule has 0 fully saturated rings. The van der Waals surface area contributed by atoms with E-state index in [1.54, 1.807) is 24.4 Å². The van der Waals surface area contributed by atoms with Gasteiger partial charge in [-0.2, -0.15) is 13.2 Å². The fraction of sp³-hybridized carbons (Fsp3) is 0.364. The van der Waals surface area contributed by atoms with Crippen LogP contribution in [0.4, 0.5) is 13.2 Å². The molecule has 1 aromatic carbocycles. The van der Waals surface area contributed by atoms with Crippen molar-refractivity contribution >= 4 is 17.5 Å². The molecule has 7 heteroatoms. The van der Waals surface area contributed by atoms with Gasteiger partial charge in [0.1, 0.15) is 12.3 Å². The molecule has 18 heavy (non-hydrogen) atoms. The first-order valence-electron chi connectivity index (χ1n) is 5.00. The fourth-order valence-electron chi connectivity index (χ4n) is 1.12. The predicted octanol–water partition coefficient (Wildman–Crippen LogP) is 2.71. The van der Waals surface area contributed by atoms with Gasteiger partial charge in [0, 0.05) is 5.02 Å². The molecule has 0 aliphatic carbocycles. The maximum atomic E-state index is 11.8. The molecule has 0 unspecified atom stereocenters. The number of nitrogens with one attached hydrogen (secondary N) is 1. The fourth-order valence-corrected chi connectivity index (χ4v) is 1.28. The molecular formula is C11H11ClF3NO2. The Balaban J connectivity index is 2.45. The average Bonchev–Trinajstić information content (AvgIpc) is 2.26. The predicted molar refractivity (Wildman–Crippen MR) is 60.7 cm³/mol. The Morgan fingerprint density at radius 3 is 2.72 bits per heavy atom. The first kappa shape index (κ1) is 14.6. The zero-order chi connectivity index (χ0) is 13.8. The van der Waals surface area contributed by atoms with Gasteiger partial charge in [-0.25, -0.2) is 0 Å². The summed E-state index contributed by atoms with van der Waals surface area (Å²) in [5.41, 5.74) is 0.739. The van der Waals surface area contributed by atoms with Gasteiger partial charge in [-0.15, -0.1) is 0 Å². The van der Waals surface area contributed by atoms with Gasteiger partial charge in [0.15, 0.2) is 6.61 Å². The third kappa shape index (κ3) is 5.27. The first-order chi connectivity index (χ1) is 8.28. The van der Waals surface area contributed by atoms with E-state index in [9.17, 15) is 18.0 Å². The molecule has 0 aliphatic rings. The number of carbonyl (C=O) groups is 1. The lowest BCUT2D eigenvalue weighted by Gasteiger charge is -2.11. The van der Waals surface area contributed by atoms with Crippen LogP contribution in [0.25, 0.3) is 0 Å². The standard InChI is InChI=1S/C11H11ClF3NO2/c1-7-2-3-8(12)4-9(7)18-5-10(17)16-6-11(13,14)15/h2-4H,5-6H2,1H3,(H,16,17). The maximum absolute atomic E-state index is 11.8. The number of hydrogen-bond donors (Lipinski definition) is 1. The van der Waals surface area contributed by atoms with E-state index in [4.69, 9.17) is 16.3 Å². The monoisotopic (exact) mass is 281 g/mol. The highest BCUT2D eigenvalue weighted by molar-refractivity contribution is 6.30. The van der Waals surface area contributed by atoms with Gasteiger partial charge in [0.2, 0.25) is 0 Å². The third-order valence-electron chi connectivity index (χ3n) is 1.99. The Bertz CT molecular complexity index is 435. The van der Waals surface area contributed by atoms with Crippen molar-refractivity contribution in [1.29, 1.82) is 0 Å². The van der Waals surface area contributed by atoms with E-state index in [0.29, 0.717) is 10.8 Å². The van der Waals surface area contributed by atoms with Crippen molar-refractivity contribution in [3.63, 3.8) is 0 Å². The average molecular weight is 282 g/mol. The number of benzene rings is 1. The van der Waals surface area contributed by atoms with Crippen molar-refractivity contribution in [3.8, 4) is 5.75 Å². The van der Waals surface area contributed by atoms with Gasteiger partial charge in [0.05, 0.1) is 0 Å². The van der Waals surface area contributed by atoms with Crippen molar-refractivity contribution in [2.75, 3.05) is 13.2 Å². The zero-order valence-corrected chi connectivity index (χ0v) is 10.2. The summed E-state index contributed by atoms with van der Waals surface area (Å²) >= 11 is 5.72. The van der Waals surface area contributed by atoms with E-state index >= 15 is 0 Å². The highest BCUT2D eigenvalue weighted by atomic mass is 35.5. The van der Waals surface area contributed by atoms with Crippen molar-refractivity contribution in [2.45, 2.75) is 13.1 Å². The van der Waals surface area contributed by atoms with Gasteiger partial charge in [-0.05, 0) is 24.6 Å². The molecule has 0 saturated heterocycles. The summed E-state index contributed by atoms with van der Waals surface area (Å²) < 4.78 is 40.6. The van der Waals surface area contributed by atoms with Gasteiger partial charge in [-0.1, -0.05) is 17.7 Å². The van der Waals surface area contributed by atoms with Crippen molar-refractivity contribution in [1.82, 2.24) is 5.32 Å². The smallest absolute Gasteiger partial charge is 0.405 e. The van der Waals surface area contributed by atoms with Crippen LogP contribution in [0.2, 0.25) is 5.02 Å². The summed E-state index contributed by atoms with van der Waals surface area (Å²) in [5, 5.41) is 2.13. The molecule has 0 radical (unpaired) electrons. The normalized spacial score (nSPS) is 11.2. The van der Waals surface area contributed by atoms with Gasteiger partial charge >= 0.3 is 6.18 Å². The Kier molecular flexibility index (Phi) is 4.84. The van der Waals surface area contributed by atoms with Crippen LogP contribution in [-0.4, -0.2) is 25.2 Å². The van der Waals surface area contributed by atoms with Crippen molar-refractivity contribution in [2.24, 2.45) is 0 Å². The van der Waals surface area contributed by atoms with Crippen LogP contribution in [0.3, 0.4) is 0 Å². The Hall–Kier alpha value is -1.43. The first-order valence-corrected chi connectivity index (χ1v) is 5.38. The number of carbonyl (C=O) groups excluding carboxylic acids is 1. The minimum absolute atomic E-state index is 0.365. The van der Waals surface area contributed by atoms with Gasteiger partial charge in [-0.3, -0.25) is 4.79 Å². The number of rotatable bonds is 4. The minimum Gasteiger partial charge on any atom is -0.483 e. The number of alkyl halides is 3. The SMILES string of the molecule is Cc1ccc(Cl)cc1OCC(=O)NCC(F)(F)F. The molecule has 0 aliphatic heterocycles. The second-order valence-electron chi connectivity index (χ2n) is 3.59. The molecule has 0 heterocycles. The molecule has 0 bridgehead atoms. The quantitative estimate of drug-likeness (QED) is 0.921. The molecule has 1 amide bonds. The van der Waals surface area contributed by atoms with E-state index in [1.807, 2.05) is 0 Å². The van der Waals surface area contributed by atoms with E-state index in [-0.39, 0.29) is 0 Å².